The van der Waals surface area contributed by atoms with Gasteiger partial charge in [-0.15, -0.1) is 0 Å². The molecule has 0 bridgehead atoms. The quantitative estimate of drug-likeness (QED) is 0.284. The number of amides is 1. The molecule has 1 amide bonds. The summed E-state index contributed by atoms with van der Waals surface area (Å²) in [7, 11) is 4.15. The van der Waals surface area contributed by atoms with Gasteiger partial charge >= 0.3 is 0 Å². The molecular formula is C32H33N7O. The maximum Gasteiger partial charge on any atom is 0.247 e. The van der Waals surface area contributed by atoms with Crippen LogP contribution in [0, 0.1) is 6.92 Å². The van der Waals surface area contributed by atoms with E-state index in [2.05, 4.69) is 75.1 Å². The van der Waals surface area contributed by atoms with Gasteiger partial charge in [0.25, 0.3) is 0 Å². The number of H-pyrrole nitrogens is 1. The third-order valence-corrected chi connectivity index (χ3v) is 7.72. The number of rotatable bonds is 6. The summed E-state index contributed by atoms with van der Waals surface area (Å²) < 4.78 is 1.99. The fourth-order valence-electron chi connectivity index (χ4n) is 5.35. The van der Waals surface area contributed by atoms with Gasteiger partial charge in [0.1, 0.15) is 11.5 Å². The second-order valence-electron chi connectivity index (χ2n) is 10.4. The molecule has 0 atom stereocenters. The number of carbonyl (C=O) groups is 1. The normalized spacial score (nSPS) is 14.0. The Balaban J connectivity index is 1.49. The maximum atomic E-state index is 12.2. The van der Waals surface area contributed by atoms with Crippen molar-refractivity contribution in [3.8, 4) is 33.8 Å². The number of piperazine rings is 1. The average molecular weight is 532 g/mol. The summed E-state index contributed by atoms with van der Waals surface area (Å²) in [5.41, 5.74) is 8.75. The molecule has 0 aliphatic carbocycles. The molecule has 202 valence electrons. The molecule has 1 fully saturated rings. The number of aromatic nitrogens is 4. The molecule has 1 aliphatic rings. The molecule has 2 aromatic carbocycles. The van der Waals surface area contributed by atoms with E-state index in [1.54, 1.807) is 6.20 Å². The van der Waals surface area contributed by atoms with Gasteiger partial charge < -0.3 is 24.7 Å². The second-order valence-corrected chi connectivity index (χ2v) is 10.4. The standard InChI is InChI=1S/C32H33N7O/c1-5-28(40)35-27-19-23(7-6-21(27)2)29-26-18-24(32-33-12-13-38(32)4)20-34-31(26)36-30(29)22-8-10-25(11-9-22)39-16-14-37(3)15-17-39/h5-13,18-20H,1,14-17H2,2-4H3,(H,34,36)(H,35,40). The van der Waals surface area contributed by atoms with Crippen molar-refractivity contribution in [3.63, 3.8) is 0 Å². The first kappa shape index (κ1) is 25.6. The molecule has 3 aromatic heterocycles. The molecular weight excluding hydrogens is 498 g/mol. The van der Waals surface area contributed by atoms with Crippen molar-refractivity contribution in [2.75, 3.05) is 43.4 Å². The number of hydrogen-bond donors (Lipinski definition) is 2. The van der Waals surface area contributed by atoms with Gasteiger partial charge in [0, 0.05) is 79.7 Å². The van der Waals surface area contributed by atoms with Gasteiger partial charge in [0.15, 0.2) is 0 Å². The summed E-state index contributed by atoms with van der Waals surface area (Å²) in [4.78, 5) is 29.9. The van der Waals surface area contributed by atoms with Crippen molar-refractivity contribution >= 4 is 28.3 Å². The largest absolute Gasteiger partial charge is 0.369 e. The van der Waals surface area contributed by atoms with Crippen LogP contribution < -0.4 is 10.2 Å². The Labute approximate surface area is 234 Å². The van der Waals surface area contributed by atoms with Crippen LogP contribution in [0.3, 0.4) is 0 Å². The Morgan fingerprint density at radius 1 is 0.975 bits per heavy atom. The van der Waals surface area contributed by atoms with Gasteiger partial charge in [-0.25, -0.2) is 9.97 Å². The van der Waals surface area contributed by atoms with E-state index < -0.39 is 0 Å². The topological polar surface area (TPSA) is 82.1 Å². The van der Waals surface area contributed by atoms with Crippen LogP contribution in [0.4, 0.5) is 11.4 Å². The van der Waals surface area contributed by atoms with Crippen molar-refractivity contribution in [2.24, 2.45) is 7.05 Å². The Morgan fingerprint density at radius 2 is 1.73 bits per heavy atom. The zero-order valence-electron chi connectivity index (χ0n) is 23.1. The zero-order valence-corrected chi connectivity index (χ0v) is 23.1. The van der Waals surface area contributed by atoms with E-state index in [4.69, 9.17) is 4.98 Å². The van der Waals surface area contributed by atoms with E-state index >= 15 is 0 Å². The summed E-state index contributed by atoms with van der Waals surface area (Å²) in [6.07, 6.45) is 6.86. The van der Waals surface area contributed by atoms with Crippen molar-refractivity contribution in [1.29, 1.82) is 0 Å². The first-order chi connectivity index (χ1) is 19.4. The highest BCUT2D eigenvalue weighted by atomic mass is 16.1. The number of hydrogen-bond acceptors (Lipinski definition) is 5. The number of carbonyl (C=O) groups excluding carboxylic acids is 1. The van der Waals surface area contributed by atoms with Crippen LogP contribution in [0.15, 0.2) is 79.8 Å². The monoisotopic (exact) mass is 531 g/mol. The molecule has 6 rings (SSSR count). The molecule has 40 heavy (non-hydrogen) atoms. The number of fused-ring (bicyclic) bond motifs is 1. The second kappa shape index (κ2) is 10.5. The van der Waals surface area contributed by atoms with Gasteiger partial charge in [-0.3, -0.25) is 4.79 Å². The number of nitrogens with zero attached hydrogens (tertiary/aromatic N) is 5. The number of aromatic amines is 1. The molecule has 0 unspecified atom stereocenters. The minimum Gasteiger partial charge on any atom is -0.369 e. The molecule has 1 saturated heterocycles. The van der Waals surface area contributed by atoms with Crippen LogP contribution in [-0.4, -0.2) is 63.6 Å². The summed E-state index contributed by atoms with van der Waals surface area (Å²) >= 11 is 0. The van der Waals surface area contributed by atoms with Crippen LogP contribution in [0.2, 0.25) is 0 Å². The Hall–Kier alpha value is -4.69. The Morgan fingerprint density at radius 3 is 2.42 bits per heavy atom. The van der Waals surface area contributed by atoms with Gasteiger partial charge in [-0.1, -0.05) is 30.8 Å². The third-order valence-electron chi connectivity index (χ3n) is 7.72. The smallest absolute Gasteiger partial charge is 0.247 e. The summed E-state index contributed by atoms with van der Waals surface area (Å²) in [6, 6.07) is 17.0. The lowest BCUT2D eigenvalue weighted by molar-refractivity contribution is -0.111. The van der Waals surface area contributed by atoms with E-state index in [-0.39, 0.29) is 5.91 Å². The van der Waals surface area contributed by atoms with Crippen LogP contribution in [0.25, 0.3) is 44.8 Å². The highest BCUT2D eigenvalue weighted by molar-refractivity contribution is 6.05. The highest BCUT2D eigenvalue weighted by Gasteiger charge is 2.20. The van der Waals surface area contributed by atoms with Crippen LogP contribution >= 0.6 is 0 Å². The zero-order chi connectivity index (χ0) is 27.8. The lowest BCUT2D eigenvalue weighted by Gasteiger charge is -2.34. The molecule has 1 aliphatic heterocycles. The Kier molecular flexibility index (Phi) is 6.69. The summed E-state index contributed by atoms with van der Waals surface area (Å²) in [5.74, 6) is 0.611. The van der Waals surface area contributed by atoms with Gasteiger partial charge in [0.05, 0.1) is 5.69 Å². The number of imidazole rings is 1. The van der Waals surface area contributed by atoms with E-state index in [1.165, 1.54) is 11.8 Å². The van der Waals surface area contributed by atoms with Gasteiger partial charge in [-0.05, 0) is 61.0 Å². The predicted octanol–water partition coefficient (Wildman–Crippen LogP) is 5.48. The molecule has 8 heteroatoms. The van der Waals surface area contributed by atoms with E-state index in [0.717, 1.165) is 82.2 Å². The lowest BCUT2D eigenvalue weighted by atomic mass is 9.96. The fourth-order valence-corrected chi connectivity index (χ4v) is 5.35. The number of pyridine rings is 1. The maximum absolute atomic E-state index is 12.2. The number of likely N-dealkylation sites (N-methyl/N-ethyl adjacent to an activating group) is 1. The molecule has 5 aromatic rings. The molecule has 0 radical (unpaired) electrons. The van der Waals surface area contributed by atoms with Crippen molar-refractivity contribution in [1.82, 2.24) is 24.4 Å². The predicted molar refractivity (Wildman–Crippen MR) is 162 cm³/mol. The van der Waals surface area contributed by atoms with Crippen molar-refractivity contribution in [2.45, 2.75) is 6.92 Å². The Bertz CT molecular complexity index is 1710. The van der Waals surface area contributed by atoms with E-state index in [0.29, 0.717) is 0 Å². The van der Waals surface area contributed by atoms with Crippen LogP contribution in [0.5, 0.6) is 0 Å². The highest BCUT2D eigenvalue weighted by Crippen LogP contribution is 2.40. The number of anilines is 2. The van der Waals surface area contributed by atoms with Crippen LogP contribution in [0.1, 0.15) is 5.56 Å². The van der Waals surface area contributed by atoms with Crippen molar-refractivity contribution in [3.05, 3.63) is 85.3 Å². The molecule has 8 nitrogen and oxygen atoms in total. The molecule has 0 saturated carbocycles. The minimum atomic E-state index is -0.238. The summed E-state index contributed by atoms with van der Waals surface area (Å²) in [6.45, 7) is 9.76. The fraction of sp³-hybridized carbons (Fsp3) is 0.219. The van der Waals surface area contributed by atoms with Gasteiger partial charge in [-0.2, -0.15) is 0 Å². The minimum absolute atomic E-state index is 0.238. The molecule has 4 heterocycles. The first-order valence-corrected chi connectivity index (χ1v) is 13.5. The third kappa shape index (κ3) is 4.78. The number of benzene rings is 2. The lowest BCUT2D eigenvalue weighted by Crippen LogP contribution is -2.44. The van der Waals surface area contributed by atoms with E-state index in [1.807, 2.05) is 43.1 Å². The van der Waals surface area contributed by atoms with Crippen LogP contribution in [-0.2, 0) is 11.8 Å². The first-order valence-electron chi connectivity index (χ1n) is 13.5. The number of nitrogens with one attached hydrogen (secondary N) is 2. The summed E-state index contributed by atoms with van der Waals surface area (Å²) in [5, 5.41) is 3.94. The number of aryl methyl sites for hydroxylation is 2. The van der Waals surface area contributed by atoms with Gasteiger partial charge in [0.2, 0.25) is 5.91 Å². The molecule has 2 N–H and O–H groups in total. The van der Waals surface area contributed by atoms with E-state index in [9.17, 15) is 4.79 Å². The average Bonchev–Trinajstić information content (AvgIpc) is 3.57. The van der Waals surface area contributed by atoms with Crippen molar-refractivity contribution < 1.29 is 4.79 Å². The molecule has 0 spiro atoms. The SMILES string of the molecule is C=CC(=O)Nc1cc(-c2c(-c3ccc(N4CCN(C)CC4)cc3)[nH]c3ncc(-c4nccn4C)cc23)ccc1C.